The number of hydrogen-bond acceptors (Lipinski definition) is 7. The molecule has 0 spiro atoms. The molecule has 0 bridgehead atoms. The van der Waals surface area contributed by atoms with E-state index in [9.17, 15) is 9.59 Å². The summed E-state index contributed by atoms with van der Waals surface area (Å²) < 4.78 is 18.1. The number of rotatable bonds is 14. The highest BCUT2D eigenvalue weighted by Crippen LogP contribution is 2.42. The highest BCUT2D eigenvalue weighted by atomic mass is 16.5. The molecule has 7 aromatic carbocycles. The second kappa shape index (κ2) is 16.6. The van der Waals surface area contributed by atoms with E-state index in [0.29, 0.717) is 46.7 Å². The Morgan fingerprint density at radius 3 is 1.41 bits per heavy atom. The Labute approximate surface area is 339 Å². The van der Waals surface area contributed by atoms with Crippen LogP contribution in [0, 0.1) is 0 Å². The number of methoxy groups -OCH3 is 2. The maximum atomic E-state index is 14.3. The van der Waals surface area contributed by atoms with Crippen LogP contribution in [0.3, 0.4) is 0 Å². The molecule has 0 saturated heterocycles. The summed E-state index contributed by atoms with van der Waals surface area (Å²) in [5.41, 5.74) is 8.67. The molecule has 0 unspecified atom stereocenters. The summed E-state index contributed by atoms with van der Waals surface area (Å²) in [7, 11) is 3.32. The van der Waals surface area contributed by atoms with E-state index in [1.54, 1.807) is 26.4 Å². The first kappa shape index (κ1) is 37.9. The van der Waals surface area contributed by atoms with Crippen molar-refractivity contribution in [1.29, 1.82) is 0 Å². The van der Waals surface area contributed by atoms with Gasteiger partial charge < -0.3 is 24.8 Å². The number of carbonyl (C=O) groups excluding carboxylic acids is 2. The van der Waals surface area contributed by atoms with Crippen LogP contribution < -0.4 is 20.1 Å². The zero-order chi connectivity index (χ0) is 40.1. The smallest absolute Gasteiger partial charge is 0.198 e. The molecule has 58 heavy (non-hydrogen) atoms. The first-order chi connectivity index (χ1) is 28.4. The molecule has 7 nitrogen and oxygen atoms in total. The van der Waals surface area contributed by atoms with Crippen LogP contribution in [0.4, 0.5) is 22.7 Å². The number of fused-ring (bicyclic) bond motifs is 2. The van der Waals surface area contributed by atoms with Crippen LogP contribution >= 0.6 is 0 Å². The number of carbonyl (C=O) groups is 2. The maximum absolute atomic E-state index is 14.3. The van der Waals surface area contributed by atoms with Crippen LogP contribution in [0.15, 0.2) is 164 Å². The summed E-state index contributed by atoms with van der Waals surface area (Å²) >= 11 is 0. The average Bonchev–Trinajstić information content (AvgIpc) is 3.28. The lowest BCUT2D eigenvalue weighted by molar-refractivity contribution is 0.0147. The summed E-state index contributed by atoms with van der Waals surface area (Å²) in [5.74, 6) is 1.15. The lowest BCUT2D eigenvalue weighted by Crippen LogP contribution is -2.33. The largest absolute Gasteiger partial charge is 0.497 e. The Hall–Kier alpha value is -6.96. The standard InChI is InChI=1S/C51H44N2O5/c1-4-34-16-24-39(25-17-34)52-45-14-8-12-43-47(45)50(55)48-44(49(43)54)13-9-15-46(48)53-40-26-18-35(19-27-40)32-33-58-51(36-10-6-5-7-11-36,37-20-28-41(56-2)29-21-37)38-22-30-42(57-3)31-23-38/h5-31,52-53H,4,32-33H2,1-3H3. The third-order valence-corrected chi connectivity index (χ3v) is 10.8. The molecule has 0 radical (unpaired) electrons. The molecule has 2 N–H and O–H groups in total. The fourth-order valence-corrected chi connectivity index (χ4v) is 7.74. The first-order valence-corrected chi connectivity index (χ1v) is 19.5. The van der Waals surface area contributed by atoms with Gasteiger partial charge in [-0.15, -0.1) is 0 Å². The molecule has 0 heterocycles. The van der Waals surface area contributed by atoms with Gasteiger partial charge in [-0.05, 0) is 101 Å². The number of ketones is 2. The number of nitrogens with one attached hydrogen (secondary N) is 2. The quantitative estimate of drug-likeness (QED) is 0.107. The Balaban J connectivity index is 1.03. The number of anilines is 4. The van der Waals surface area contributed by atoms with Gasteiger partial charge in [0, 0.05) is 22.5 Å². The topological polar surface area (TPSA) is 85.9 Å². The zero-order valence-corrected chi connectivity index (χ0v) is 32.8. The zero-order valence-electron chi connectivity index (χ0n) is 32.8. The highest BCUT2D eigenvalue weighted by Gasteiger charge is 2.38. The molecule has 8 rings (SSSR count). The second-order valence-electron chi connectivity index (χ2n) is 14.2. The monoisotopic (exact) mass is 764 g/mol. The predicted molar refractivity (Wildman–Crippen MR) is 231 cm³/mol. The summed E-state index contributed by atoms with van der Waals surface area (Å²) in [6, 6.07) is 53.3. The molecule has 288 valence electrons. The molecule has 0 aliphatic heterocycles. The van der Waals surface area contributed by atoms with Crippen LogP contribution in [-0.4, -0.2) is 32.4 Å². The van der Waals surface area contributed by atoms with Crippen LogP contribution in [-0.2, 0) is 23.2 Å². The van der Waals surface area contributed by atoms with Gasteiger partial charge in [0.1, 0.15) is 17.1 Å². The summed E-state index contributed by atoms with van der Waals surface area (Å²) in [6.07, 6.45) is 1.58. The van der Waals surface area contributed by atoms with Crippen molar-refractivity contribution in [2.24, 2.45) is 0 Å². The Kier molecular flexibility index (Phi) is 10.9. The highest BCUT2D eigenvalue weighted by molar-refractivity contribution is 6.32. The van der Waals surface area contributed by atoms with Gasteiger partial charge in [0.25, 0.3) is 0 Å². The Morgan fingerprint density at radius 2 is 0.948 bits per heavy atom. The van der Waals surface area contributed by atoms with Crippen molar-refractivity contribution in [2.45, 2.75) is 25.4 Å². The minimum absolute atomic E-state index is 0.176. The van der Waals surface area contributed by atoms with Crippen molar-refractivity contribution < 1.29 is 23.8 Å². The number of hydrogen-bond donors (Lipinski definition) is 2. The second-order valence-corrected chi connectivity index (χ2v) is 14.2. The predicted octanol–water partition coefficient (Wildman–Crippen LogP) is 11.1. The summed E-state index contributed by atoms with van der Waals surface area (Å²) in [6.45, 7) is 2.53. The Bertz CT molecular complexity index is 2500. The molecule has 1 aliphatic rings. The van der Waals surface area contributed by atoms with E-state index in [1.807, 2.05) is 91.0 Å². The molecule has 0 aromatic heterocycles. The van der Waals surface area contributed by atoms with Gasteiger partial charge >= 0.3 is 0 Å². The van der Waals surface area contributed by atoms with Crippen molar-refractivity contribution in [3.63, 3.8) is 0 Å². The molecular weight excluding hydrogens is 721 g/mol. The summed E-state index contributed by atoms with van der Waals surface area (Å²) in [4.78, 5) is 28.2. The third-order valence-electron chi connectivity index (χ3n) is 10.8. The Morgan fingerprint density at radius 1 is 0.483 bits per heavy atom. The number of ether oxygens (including phenoxy) is 3. The van der Waals surface area contributed by atoms with Crippen molar-refractivity contribution in [2.75, 3.05) is 31.5 Å². The lowest BCUT2D eigenvalue weighted by Gasteiger charge is -2.36. The van der Waals surface area contributed by atoms with E-state index in [4.69, 9.17) is 14.2 Å². The van der Waals surface area contributed by atoms with Crippen molar-refractivity contribution in [3.05, 3.63) is 214 Å². The molecule has 0 fully saturated rings. The molecule has 7 heteroatoms. The van der Waals surface area contributed by atoms with E-state index in [-0.39, 0.29) is 11.6 Å². The maximum Gasteiger partial charge on any atom is 0.198 e. The van der Waals surface area contributed by atoms with Crippen molar-refractivity contribution in [1.82, 2.24) is 0 Å². The number of aryl methyl sites for hydroxylation is 1. The van der Waals surface area contributed by atoms with Gasteiger partial charge in [-0.25, -0.2) is 0 Å². The van der Waals surface area contributed by atoms with Gasteiger partial charge in [-0.2, -0.15) is 0 Å². The van der Waals surface area contributed by atoms with Crippen LogP contribution in [0.2, 0.25) is 0 Å². The molecule has 0 amide bonds. The SMILES string of the molecule is CCc1ccc(Nc2cccc3c2C(=O)c2c(Nc4ccc(CCOC(c5ccccc5)(c5ccc(OC)cc5)c5ccc(OC)cc5)cc4)cccc2C3=O)cc1. The minimum Gasteiger partial charge on any atom is -0.497 e. The normalized spacial score (nSPS) is 12.1. The van der Waals surface area contributed by atoms with Gasteiger partial charge in [-0.1, -0.05) is 110 Å². The average molecular weight is 765 g/mol. The fourth-order valence-electron chi connectivity index (χ4n) is 7.74. The van der Waals surface area contributed by atoms with Crippen molar-refractivity contribution in [3.8, 4) is 11.5 Å². The molecule has 1 aliphatic carbocycles. The first-order valence-electron chi connectivity index (χ1n) is 19.5. The molecule has 7 aromatic rings. The molecule has 0 atom stereocenters. The van der Waals surface area contributed by atoms with E-state index in [0.717, 1.165) is 51.5 Å². The van der Waals surface area contributed by atoms with E-state index in [1.165, 1.54) is 5.56 Å². The van der Waals surface area contributed by atoms with Crippen LogP contribution in [0.25, 0.3) is 0 Å². The summed E-state index contributed by atoms with van der Waals surface area (Å²) in [5, 5.41) is 6.83. The van der Waals surface area contributed by atoms with Gasteiger partial charge in [-0.3, -0.25) is 9.59 Å². The van der Waals surface area contributed by atoms with E-state index < -0.39 is 5.60 Å². The molecular formula is C51H44N2O5. The fraction of sp³-hybridized carbons (Fsp3) is 0.137. The van der Waals surface area contributed by atoms with Gasteiger partial charge in [0.2, 0.25) is 0 Å². The van der Waals surface area contributed by atoms with E-state index in [2.05, 4.69) is 78.2 Å². The van der Waals surface area contributed by atoms with E-state index >= 15 is 0 Å². The lowest BCUT2D eigenvalue weighted by atomic mass is 9.80. The molecule has 0 saturated carbocycles. The van der Waals surface area contributed by atoms with Gasteiger partial charge in [0.15, 0.2) is 11.6 Å². The number of benzene rings is 7. The van der Waals surface area contributed by atoms with Crippen LogP contribution in [0.5, 0.6) is 11.5 Å². The third kappa shape index (κ3) is 7.36. The minimum atomic E-state index is -0.911. The van der Waals surface area contributed by atoms with Crippen molar-refractivity contribution >= 4 is 34.3 Å². The van der Waals surface area contributed by atoms with Gasteiger partial charge in [0.05, 0.1) is 43.3 Å². The van der Waals surface area contributed by atoms with Crippen LogP contribution in [0.1, 0.15) is 66.6 Å².